The third-order valence-electron chi connectivity index (χ3n) is 6.76. The standard InChI is InChI=1S/C30H40O4Si/c1-24(29(32)23-33-22-25-14-8-5-9-15-25)28(31)20-21-34-35(30(2,3)4,26-16-10-6-11-17-26)27-18-12-7-13-19-27/h5-19,24,28-29,31-32H,20-23H2,1-4H3/t24-,28+,29+/m1/s1. The molecule has 0 spiro atoms. The van der Waals surface area contributed by atoms with Crippen LogP contribution < -0.4 is 10.4 Å². The molecule has 3 aromatic carbocycles. The van der Waals surface area contributed by atoms with Crippen molar-refractivity contribution >= 4 is 18.7 Å². The Morgan fingerprint density at radius 1 is 0.743 bits per heavy atom. The van der Waals surface area contributed by atoms with Crippen molar-refractivity contribution in [2.75, 3.05) is 13.2 Å². The summed E-state index contributed by atoms with van der Waals surface area (Å²) in [4.78, 5) is 0. The topological polar surface area (TPSA) is 58.9 Å². The second-order valence-electron chi connectivity index (χ2n) is 10.3. The van der Waals surface area contributed by atoms with E-state index >= 15 is 0 Å². The Bertz CT molecular complexity index is 950. The van der Waals surface area contributed by atoms with Crippen LogP contribution in [-0.2, 0) is 15.8 Å². The van der Waals surface area contributed by atoms with Crippen molar-refractivity contribution < 1.29 is 19.4 Å². The summed E-state index contributed by atoms with van der Waals surface area (Å²) in [5.41, 5.74) is 1.06. The van der Waals surface area contributed by atoms with Gasteiger partial charge in [-0.15, -0.1) is 0 Å². The molecule has 0 amide bonds. The molecule has 4 nitrogen and oxygen atoms in total. The fraction of sp³-hybridized carbons (Fsp3) is 0.400. The van der Waals surface area contributed by atoms with Crippen molar-refractivity contribution in [2.45, 2.75) is 58.0 Å². The van der Waals surface area contributed by atoms with Gasteiger partial charge in [0, 0.05) is 12.5 Å². The summed E-state index contributed by atoms with van der Waals surface area (Å²) in [6.45, 7) is 9.63. The second kappa shape index (κ2) is 12.6. The van der Waals surface area contributed by atoms with Gasteiger partial charge in [-0.3, -0.25) is 0 Å². The summed E-state index contributed by atoms with van der Waals surface area (Å²) in [5, 5.41) is 23.8. The van der Waals surface area contributed by atoms with E-state index in [1.807, 2.05) is 49.4 Å². The van der Waals surface area contributed by atoms with Gasteiger partial charge in [0.05, 0.1) is 25.4 Å². The minimum atomic E-state index is -2.63. The molecule has 2 N–H and O–H groups in total. The molecule has 0 aliphatic carbocycles. The first-order chi connectivity index (χ1) is 16.8. The van der Waals surface area contributed by atoms with E-state index in [1.54, 1.807) is 0 Å². The van der Waals surface area contributed by atoms with E-state index in [0.29, 0.717) is 19.6 Å². The lowest BCUT2D eigenvalue weighted by molar-refractivity contribution is -0.0399. The number of ether oxygens (including phenoxy) is 1. The van der Waals surface area contributed by atoms with Crippen LogP contribution in [0.3, 0.4) is 0 Å². The molecule has 188 valence electrons. The van der Waals surface area contributed by atoms with Crippen molar-refractivity contribution in [1.29, 1.82) is 0 Å². The average Bonchev–Trinajstić information content (AvgIpc) is 2.87. The Hall–Kier alpha value is -2.28. The number of aliphatic hydroxyl groups is 2. The number of hydrogen-bond acceptors (Lipinski definition) is 4. The summed E-state index contributed by atoms with van der Waals surface area (Å²) < 4.78 is 12.6. The average molecular weight is 493 g/mol. The minimum Gasteiger partial charge on any atom is -0.407 e. The zero-order valence-corrected chi connectivity index (χ0v) is 22.4. The zero-order valence-electron chi connectivity index (χ0n) is 21.4. The maximum absolute atomic E-state index is 10.9. The Balaban J connectivity index is 1.65. The molecule has 3 rings (SSSR count). The van der Waals surface area contributed by atoms with Gasteiger partial charge >= 0.3 is 0 Å². The van der Waals surface area contributed by atoms with Gasteiger partial charge in [-0.1, -0.05) is 119 Å². The highest BCUT2D eigenvalue weighted by Gasteiger charge is 2.50. The molecular weight excluding hydrogens is 452 g/mol. The lowest BCUT2D eigenvalue weighted by Crippen LogP contribution is -2.66. The number of aliphatic hydroxyl groups excluding tert-OH is 2. The van der Waals surface area contributed by atoms with Crippen LogP contribution in [0.4, 0.5) is 0 Å². The summed E-state index contributed by atoms with van der Waals surface area (Å²) in [5.74, 6) is -0.325. The summed E-state index contributed by atoms with van der Waals surface area (Å²) >= 11 is 0. The second-order valence-corrected chi connectivity index (χ2v) is 14.6. The van der Waals surface area contributed by atoms with Gasteiger partial charge in [0.25, 0.3) is 8.32 Å². The fourth-order valence-electron chi connectivity index (χ4n) is 4.64. The van der Waals surface area contributed by atoms with Crippen molar-refractivity contribution in [3.8, 4) is 0 Å². The van der Waals surface area contributed by atoms with Gasteiger partial charge in [-0.2, -0.15) is 0 Å². The molecule has 0 fully saturated rings. The van der Waals surface area contributed by atoms with Crippen molar-refractivity contribution in [3.63, 3.8) is 0 Å². The van der Waals surface area contributed by atoms with E-state index < -0.39 is 20.5 Å². The van der Waals surface area contributed by atoms with Gasteiger partial charge < -0.3 is 19.4 Å². The predicted molar refractivity (Wildman–Crippen MR) is 145 cm³/mol. The van der Waals surface area contributed by atoms with Crippen LogP contribution in [-0.4, -0.2) is 44.0 Å². The normalized spacial score (nSPS) is 14.9. The smallest absolute Gasteiger partial charge is 0.261 e. The fourth-order valence-corrected chi connectivity index (χ4v) is 9.22. The van der Waals surface area contributed by atoms with Crippen molar-refractivity contribution in [1.82, 2.24) is 0 Å². The maximum atomic E-state index is 10.9. The first-order valence-corrected chi connectivity index (χ1v) is 14.4. The zero-order chi connectivity index (χ0) is 25.3. The summed E-state index contributed by atoms with van der Waals surface area (Å²) in [6, 6.07) is 30.9. The lowest BCUT2D eigenvalue weighted by atomic mass is 9.96. The van der Waals surface area contributed by atoms with E-state index in [9.17, 15) is 10.2 Å². The first kappa shape index (κ1) is 27.3. The predicted octanol–water partition coefficient (Wildman–Crippen LogP) is 4.53. The van der Waals surface area contributed by atoms with Crippen LogP contribution in [0.25, 0.3) is 0 Å². The molecule has 3 aromatic rings. The number of hydrogen-bond donors (Lipinski definition) is 2. The molecule has 0 aromatic heterocycles. The molecular formula is C30H40O4Si. The highest BCUT2D eigenvalue weighted by molar-refractivity contribution is 6.99. The Labute approximate surface area is 211 Å². The molecule has 3 atom stereocenters. The first-order valence-electron chi connectivity index (χ1n) is 12.5. The summed E-state index contributed by atoms with van der Waals surface area (Å²) in [7, 11) is -2.63. The van der Waals surface area contributed by atoms with Gasteiger partial charge in [0.2, 0.25) is 0 Å². The molecule has 0 radical (unpaired) electrons. The van der Waals surface area contributed by atoms with Crippen LogP contribution in [0.1, 0.15) is 39.7 Å². The quantitative estimate of drug-likeness (QED) is 0.365. The van der Waals surface area contributed by atoms with E-state index in [-0.39, 0.29) is 17.6 Å². The number of benzene rings is 3. The molecule has 0 unspecified atom stereocenters. The highest BCUT2D eigenvalue weighted by atomic mass is 28.4. The molecule has 0 aliphatic rings. The van der Waals surface area contributed by atoms with E-state index in [0.717, 1.165) is 5.56 Å². The molecule has 0 heterocycles. The SMILES string of the molecule is C[C@H]([C@@H](O)CCO[Si](c1ccccc1)(c1ccccc1)C(C)(C)C)[C@@H](O)COCc1ccccc1. The maximum Gasteiger partial charge on any atom is 0.261 e. The van der Waals surface area contributed by atoms with Crippen LogP contribution in [0, 0.1) is 5.92 Å². The van der Waals surface area contributed by atoms with Crippen LogP contribution >= 0.6 is 0 Å². The van der Waals surface area contributed by atoms with E-state index in [4.69, 9.17) is 9.16 Å². The van der Waals surface area contributed by atoms with Gasteiger partial charge in [0.1, 0.15) is 0 Å². The van der Waals surface area contributed by atoms with Gasteiger partial charge in [-0.25, -0.2) is 0 Å². The highest BCUT2D eigenvalue weighted by Crippen LogP contribution is 2.37. The monoisotopic (exact) mass is 492 g/mol. The van der Waals surface area contributed by atoms with Crippen LogP contribution in [0.5, 0.6) is 0 Å². The minimum absolute atomic E-state index is 0.114. The lowest BCUT2D eigenvalue weighted by Gasteiger charge is -2.43. The molecule has 0 saturated heterocycles. The molecule has 0 saturated carbocycles. The Morgan fingerprint density at radius 3 is 1.71 bits per heavy atom. The van der Waals surface area contributed by atoms with Gasteiger partial charge in [-0.05, 0) is 27.4 Å². The largest absolute Gasteiger partial charge is 0.407 e. The summed E-state index contributed by atoms with van der Waals surface area (Å²) in [6.07, 6.45) is -0.994. The molecule has 5 heteroatoms. The van der Waals surface area contributed by atoms with Crippen molar-refractivity contribution in [2.24, 2.45) is 5.92 Å². The van der Waals surface area contributed by atoms with Gasteiger partial charge in [0.15, 0.2) is 0 Å². The van der Waals surface area contributed by atoms with Crippen LogP contribution in [0.15, 0.2) is 91.0 Å². The Kier molecular flexibility index (Phi) is 9.84. The Morgan fingerprint density at radius 2 is 1.23 bits per heavy atom. The van der Waals surface area contributed by atoms with E-state index in [1.165, 1.54) is 10.4 Å². The molecule has 35 heavy (non-hydrogen) atoms. The van der Waals surface area contributed by atoms with Crippen LogP contribution in [0.2, 0.25) is 5.04 Å². The molecule has 0 aliphatic heterocycles. The van der Waals surface area contributed by atoms with Crippen molar-refractivity contribution in [3.05, 3.63) is 96.6 Å². The van der Waals surface area contributed by atoms with E-state index in [2.05, 4.69) is 69.3 Å². The third kappa shape index (κ3) is 6.90. The number of rotatable bonds is 12. The molecule has 0 bridgehead atoms. The third-order valence-corrected chi connectivity index (χ3v) is 11.8.